The first kappa shape index (κ1) is 22.2. The zero-order chi connectivity index (χ0) is 22.7. The van der Waals surface area contributed by atoms with Crippen molar-refractivity contribution in [3.8, 4) is 11.5 Å². The van der Waals surface area contributed by atoms with E-state index in [1.807, 2.05) is 44.2 Å². The van der Waals surface area contributed by atoms with Crippen molar-refractivity contribution >= 4 is 22.6 Å². The summed E-state index contributed by atoms with van der Waals surface area (Å²) in [5.41, 5.74) is 6.48. The molecule has 166 valence electrons. The highest BCUT2D eigenvalue weighted by Gasteiger charge is 2.12. The number of ether oxygens (including phenoxy) is 2. The molecule has 4 aromatic rings. The van der Waals surface area contributed by atoms with Crippen LogP contribution in [0, 0.1) is 27.7 Å². The molecule has 0 aliphatic carbocycles. The predicted octanol–water partition coefficient (Wildman–Crippen LogP) is 6.97. The molecule has 0 bridgehead atoms. The number of aromatic nitrogens is 2. The maximum atomic E-state index is 6.27. The molecule has 5 heteroatoms. The van der Waals surface area contributed by atoms with Gasteiger partial charge in [0, 0.05) is 11.6 Å². The zero-order valence-electron chi connectivity index (χ0n) is 19.1. The molecule has 0 N–H and O–H groups in total. The Bertz CT molecular complexity index is 1220. The van der Waals surface area contributed by atoms with Crippen molar-refractivity contribution < 1.29 is 9.47 Å². The van der Waals surface area contributed by atoms with Gasteiger partial charge in [-0.1, -0.05) is 35.9 Å². The number of aryl methyl sites for hydroxylation is 5. The van der Waals surface area contributed by atoms with E-state index in [1.54, 1.807) is 0 Å². The second-order valence-electron chi connectivity index (χ2n) is 8.30. The minimum atomic E-state index is 0.426. The van der Waals surface area contributed by atoms with Crippen LogP contribution in [0.5, 0.6) is 11.5 Å². The highest BCUT2D eigenvalue weighted by Crippen LogP contribution is 2.26. The second-order valence-corrected chi connectivity index (χ2v) is 8.68. The van der Waals surface area contributed by atoms with Gasteiger partial charge in [-0.25, -0.2) is 4.98 Å². The molecule has 0 fully saturated rings. The van der Waals surface area contributed by atoms with Gasteiger partial charge in [-0.2, -0.15) is 0 Å². The molecule has 4 rings (SSSR count). The molecule has 4 nitrogen and oxygen atoms in total. The van der Waals surface area contributed by atoms with E-state index in [0.29, 0.717) is 13.2 Å². The number of imidazole rings is 1. The summed E-state index contributed by atoms with van der Waals surface area (Å²) in [6.07, 6.45) is 0.859. The summed E-state index contributed by atoms with van der Waals surface area (Å²) in [6.45, 7) is 9.99. The Labute approximate surface area is 194 Å². The normalized spacial score (nSPS) is 11.2. The lowest BCUT2D eigenvalue weighted by atomic mass is 10.1. The van der Waals surface area contributed by atoms with E-state index >= 15 is 0 Å². The Morgan fingerprint density at radius 3 is 2.41 bits per heavy atom. The van der Waals surface area contributed by atoms with Crippen LogP contribution in [-0.4, -0.2) is 16.2 Å². The van der Waals surface area contributed by atoms with Crippen molar-refractivity contribution in [1.29, 1.82) is 0 Å². The summed E-state index contributed by atoms with van der Waals surface area (Å²) < 4.78 is 14.4. The van der Waals surface area contributed by atoms with Crippen molar-refractivity contribution in [3.05, 3.63) is 87.7 Å². The van der Waals surface area contributed by atoms with Gasteiger partial charge in [-0.3, -0.25) is 0 Å². The van der Waals surface area contributed by atoms with E-state index in [2.05, 4.69) is 42.7 Å². The lowest BCUT2D eigenvalue weighted by Crippen LogP contribution is -2.10. The van der Waals surface area contributed by atoms with Crippen molar-refractivity contribution in [1.82, 2.24) is 9.55 Å². The van der Waals surface area contributed by atoms with Crippen LogP contribution >= 0.6 is 11.6 Å². The predicted molar refractivity (Wildman–Crippen MR) is 131 cm³/mol. The standard InChI is InChI=1S/C27H29ClN2O2/c1-18-10-11-19(2)25(14-18)32-17-26-29-23-8-5-6-9-24(23)30(26)12-7-13-31-22-15-20(3)27(28)21(4)16-22/h5-6,8-11,14-16H,7,12-13,17H2,1-4H3. The van der Waals surface area contributed by atoms with Gasteiger partial charge in [-0.05, 0) is 86.7 Å². The number of hydrogen-bond donors (Lipinski definition) is 0. The molecule has 32 heavy (non-hydrogen) atoms. The van der Waals surface area contributed by atoms with Crippen LogP contribution in [0.2, 0.25) is 5.02 Å². The van der Waals surface area contributed by atoms with Crippen molar-refractivity contribution in [3.63, 3.8) is 0 Å². The second kappa shape index (κ2) is 9.66. The molecular formula is C27H29ClN2O2. The van der Waals surface area contributed by atoms with E-state index in [0.717, 1.165) is 63.0 Å². The molecule has 1 heterocycles. The number of benzene rings is 3. The SMILES string of the molecule is Cc1ccc(C)c(OCc2nc3ccccc3n2CCCOc2cc(C)c(Cl)c(C)c2)c1. The number of para-hydroxylation sites is 2. The average Bonchev–Trinajstić information content (AvgIpc) is 3.13. The average molecular weight is 449 g/mol. The van der Waals surface area contributed by atoms with Crippen LogP contribution in [0.3, 0.4) is 0 Å². The molecule has 0 aliphatic rings. The maximum absolute atomic E-state index is 6.27. The number of rotatable bonds is 8. The van der Waals surface area contributed by atoms with Crippen LogP contribution in [0.1, 0.15) is 34.5 Å². The molecule has 0 saturated carbocycles. The van der Waals surface area contributed by atoms with Gasteiger partial charge in [0.2, 0.25) is 0 Å². The third-order valence-corrected chi connectivity index (χ3v) is 6.23. The van der Waals surface area contributed by atoms with E-state index in [-0.39, 0.29) is 0 Å². The Balaban J connectivity index is 1.46. The zero-order valence-corrected chi connectivity index (χ0v) is 19.9. The molecule has 3 aromatic carbocycles. The largest absolute Gasteiger partial charge is 0.494 e. The van der Waals surface area contributed by atoms with Crippen LogP contribution in [0.25, 0.3) is 11.0 Å². The quantitative estimate of drug-likeness (QED) is 0.273. The first-order valence-electron chi connectivity index (χ1n) is 11.0. The van der Waals surface area contributed by atoms with Gasteiger partial charge in [0.15, 0.2) is 0 Å². The maximum Gasteiger partial charge on any atom is 0.148 e. The summed E-state index contributed by atoms with van der Waals surface area (Å²) >= 11 is 6.27. The first-order chi connectivity index (χ1) is 15.4. The lowest BCUT2D eigenvalue weighted by molar-refractivity contribution is 0.279. The third kappa shape index (κ3) is 4.91. The van der Waals surface area contributed by atoms with E-state index in [4.69, 9.17) is 26.1 Å². The Kier molecular flexibility index (Phi) is 6.71. The highest BCUT2D eigenvalue weighted by molar-refractivity contribution is 6.32. The fraction of sp³-hybridized carbons (Fsp3) is 0.296. The molecule has 0 radical (unpaired) electrons. The molecule has 0 unspecified atom stereocenters. The van der Waals surface area contributed by atoms with Crippen LogP contribution in [0.4, 0.5) is 0 Å². The molecule has 1 aromatic heterocycles. The molecule has 0 spiro atoms. The summed E-state index contributed by atoms with van der Waals surface area (Å²) in [6, 6.07) is 18.5. The van der Waals surface area contributed by atoms with Crippen molar-refractivity contribution in [2.45, 2.75) is 47.3 Å². The van der Waals surface area contributed by atoms with Gasteiger partial charge in [-0.15, -0.1) is 0 Å². The van der Waals surface area contributed by atoms with Crippen LogP contribution in [-0.2, 0) is 13.2 Å². The van der Waals surface area contributed by atoms with Crippen LogP contribution in [0.15, 0.2) is 54.6 Å². The number of fused-ring (bicyclic) bond motifs is 1. The smallest absolute Gasteiger partial charge is 0.148 e. The highest BCUT2D eigenvalue weighted by atomic mass is 35.5. The Morgan fingerprint density at radius 1 is 0.875 bits per heavy atom. The molecule has 0 saturated heterocycles. The molecular weight excluding hydrogens is 420 g/mol. The minimum Gasteiger partial charge on any atom is -0.494 e. The summed E-state index contributed by atoms with van der Waals surface area (Å²) in [4.78, 5) is 4.83. The van der Waals surface area contributed by atoms with Gasteiger partial charge in [0.1, 0.15) is 23.9 Å². The number of nitrogens with zero attached hydrogens (tertiary/aromatic N) is 2. The summed E-state index contributed by atoms with van der Waals surface area (Å²) in [5, 5.41) is 0.802. The van der Waals surface area contributed by atoms with Crippen molar-refractivity contribution in [2.75, 3.05) is 6.61 Å². The van der Waals surface area contributed by atoms with E-state index in [9.17, 15) is 0 Å². The number of hydrogen-bond acceptors (Lipinski definition) is 3. The minimum absolute atomic E-state index is 0.426. The lowest BCUT2D eigenvalue weighted by Gasteiger charge is -2.13. The number of halogens is 1. The summed E-state index contributed by atoms with van der Waals surface area (Å²) in [5.74, 6) is 2.68. The fourth-order valence-electron chi connectivity index (χ4n) is 3.89. The molecule has 0 amide bonds. The monoisotopic (exact) mass is 448 g/mol. The fourth-order valence-corrected chi connectivity index (χ4v) is 4.00. The Morgan fingerprint density at radius 2 is 1.62 bits per heavy atom. The Hall–Kier alpha value is -2.98. The summed E-state index contributed by atoms with van der Waals surface area (Å²) in [7, 11) is 0. The van der Waals surface area contributed by atoms with E-state index < -0.39 is 0 Å². The first-order valence-corrected chi connectivity index (χ1v) is 11.3. The van der Waals surface area contributed by atoms with Gasteiger partial charge < -0.3 is 14.0 Å². The molecule has 0 aliphatic heterocycles. The van der Waals surface area contributed by atoms with Crippen LogP contribution < -0.4 is 9.47 Å². The molecule has 0 atom stereocenters. The van der Waals surface area contributed by atoms with Gasteiger partial charge in [0.05, 0.1) is 17.6 Å². The topological polar surface area (TPSA) is 36.3 Å². The third-order valence-electron chi connectivity index (χ3n) is 5.64. The van der Waals surface area contributed by atoms with Crippen molar-refractivity contribution in [2.24, 2.45) is 0 Å². The van der Waals surface area contributed by atoms with E-state index in [1.165, 1.54) is 5.56 Å². The van der Waals surface area contributed by atoms with Gasteiger partial charge in [0.25, 0.3) is 0 Å². The van der Waals surface area contributed by atoms with Gasteiger partial charge >= 0.3 is 0 Å².